The molecule has 2 aromatic rings. The summed E-state index contributed by atoms with van der Waals surface area (Å²) in [6, 6.07) is 4.41. The van der Waals surface area contributed by atoms with Crippen LogP contribution in [0, 0.1) is 5.92 Å². The van der Waals surface area contributed by atoms with Crippen molar-refractivity contribution in [2.24, 2.45) is 13.0 Å². The van der Waals surface area contributed by atoms with Crippen LogP contribution in [-0.4, -0.2) is 9.55 Å². The topological polar surface area (TPSA) is 17.8 Å². The maximum absolute atomic E-state index is 4.59. The van der Waals surface area contributed by atoms with Crippen LogP contribution >= 0.6 is 0 Å². The summed E-state index contributed by atoms with van der Waals surface area (Å²) in [5, 5.41) is 1.21. The minimum atomic E-state index is 0.0897. The summed E-state index contributed by atoms with van der Waals surface area (Å²) >= 11 is 0. The molecule has 0 aliphatic carbocycles. The van der Waals surface area contributed by atoms with Gasteiger partial charge in [0, 0.05) is 35.4 Å². The van der Waals surface area contributed by atoms with Crippen molar-refractivity contribution in [1.82, 2.24) is 9.55 Å². The molecular weight excluding hydrogens is 232 g/mol. The van der Waals surface area contributed by atoms with E-state index in [1.165, 1.54) is 16.6 Å². The molecule has 2 heterocycles. The Morgan fingerprint density at radius 1 is 1.21 bits per heavy atom. The van der Waals surface area contributed by atoms with Gasteiger partial charge in [-0.1, -0.05) is 40.7 Å². The number of rotatable bonds is 2. The first kappa shape index (κ1) is 13.9. The summed E-state index contributed by atoms with van der Waals surface area (Å²) < 4.78 is 2.24. The Kier molecular flexibility index (Phi) is 3.53. The van der Waals surface area contributed by atoms with Gasteiger partial charge < -0.3 is 4.57 Å². The first-order valence-electron chi connectivity index (χ1n) is 6.93. The molecule has 2 heteroatoms. The second-order valence-electron chi connectivity index (χ2n) is 6.61. The average Bonchev–Trinajstić information content (AvgIpc) is 2.62. The van der Waals surface area contributed by atoms with E-state index in [9.17, 15) is 0 Å². The standard InChI is InChI=1S/C17H24N2/c1-12(2)7-8-14-9-13-11-18-16(17(3,4)5)10-15(13)19(14)6/h7-12H,1-6H3/b8-7+. The lowest BCUT2D eigenvalue weighted by Gasteiger charge is -2.17. The predicted molar refractivity (Wildman–Crippen MR) is 83.3 cm³/mol. The van der Waals surface area contributed by atoms with Crippen LogP contribution in [0.3, 0.4) is 0 Å². The first-order valence-corrected chi connectivity index (χ1v) is 6.93. The van der Waals surface area contributed by atoms with E-state index >= 15 is 0 Å². The SMILES string of the molecule is CC(C)/C=C/c1cc2cnc(C(C)(C)C)cc2n1C. The molecule has 0 bridgehead atoms. The van der Waals surface area contributed by atoms with Gasteiger partial charge in [-0.3, -0.25) is 4.98 Å². The van der Waals surface area contributed by atoms with Gasteiger partial charge in [0.15, 0.2) is 0 Å². The summed E-state index contributed by atoms with van der Waals surface area (Å²) in [6.45, 7) is 11.0. The minimum absolute atomic E-state index is 0.0897. The highest BCUT2D eigenvalue weighted by molar-refractivity contribution is 5.83. The molecule has 0 amide bonds. The number of aromatic nitrogens is 2. The zero-order valence-electron chi connectivity index (χ0n) is 12.9. The predicted octanol–water partition coefficient (Wildman–Crippen LogP) is 4.54. The lowest BCUT2D eigenvalue weighted by Crippen LogP contribution is -2.13. The molecular formula is C17H24N2. The minimum Gasteiger partial charge on any atom is -0.344 e. The van der Waals surface area contributed by atoms with Crippen molar-refractivity contribution in [3.05, 3.63) is 35.8 Å². The maximum atomic E-state index is 4.59. The normalized spacial score (nSPS) is 13.0. The van der Waals surface area contributed by atoms with Crippen molar-refractivity contribution in [2.75, 3.05) is 0 Å². The number of allylic oxidation sites excluding steroid dienone is 1. The van der Waals surface area contributed by atoms with E-state index in [-0.39, 0.29) is 5.41 Å². The summed E-state index contributed by atoms with van der Waals surface area (Å²) in [4.78, 5) is 4.59. The quantitative estimate of drug-likeness (QED) is 0.771. The van der Waals surface area contributed by atoms with Crippen molar-refractivity contribution in [2.45, 2.75) is 40.0 Å². The van der Waals surface area contributed by atoms with Crippen LogP contribution in [0.15, 0.2) is 24.4 Å². The van der Waals surface area contributed by atoms with Crippen LogP contribution < -0.4 is 0 Å². The van der Waals surface area contributed by atoms with Gasteiger partial charge in [0.1, 0.15) is 0 Å². The molecule has 0 N–H and O–H groups in total. The lowest BCUT2D eigenvalue weighted by molar-refractivity contribution is 0.570. The third kappa shape index (κ3) is 2.89. The summed E-state index contributed by atoms with van der Waals surface area (Å²) in [5.41, 5.74) is 3.72. The molecule has 2 rings (SSSR count). The molecule has 0 aliphatic heterocycles. The zero-order chi connectivity index (χ0) is 14.2. The summed E-state index contributed by atoms with van der Waals surface area (Å²) in [6.07, 6.45) is 6.41. The summed E-state index contributed by atoms with van der Waals surface area (Å²) in [7, 11) is 2.12. The van der Waals surface area contributed by atoms with Crippen molar-refractivity contribution in [3.8, 4) is 0 Å². The fourth-order valence-electron chi connectivity index (χ4n) is 2.11. The van der Waals surface area contributed by atoms with Gasteiger partial charge in [-0.2, -0.15) is 0 Å². The Morgan fingerprint density at radius 2 is 1.89 bits per heavy atom. The third-order valence-corrected chi connectivity index (χ3v) is 3.38. The Bertz CT molecular complexity index is 610. The van der Waals surface area contributed by atoms with Crippen molar-refractivity contribution < 1.29 is 0 Å². The van der Waals surface area contributed by atoms with Gasteiger partial charge in [0.05, 0.1) is 5.52 Å². The van der Waals surface area contributed by atoms with Crippen LogP contribution in [0.5, 0.6) is 0 Å². The molecule has 0 saturated carbocycles. The number of pyridine rings is 1. The Balaban J connectivity index is 2.52. The van der Waals surface area contributed by atoms with E-state index in [0.29, 0.717) is 5.92 Å². The molecule has 19 heavy (non-hydrogen) atoms. The highest BCUT2D eigenvalue weighted by Gasteiger charge is 2.16. The molecule has 2 nitrogen and oxygen atoms in total. The Hall–Kier alpha value is -1.57. The highest BCUT2D eigenvalue weighted by Crippen LogP contribution is 2.26. The van der Waals surface area contributed by atoms with Crippen molar-refractivity contribution >= 4 is 17.0 Å². The molecule has 0 spiro atoms. The Labute approximate surface area is 116 Å². The van der Waals surface area contributed by atoms with E-state index in [2.05, 4.69) is 75.5 Å². The average molecular weight is 256 g/mol. The fourth-order valence-corrected chi connectivity index (χ4v) is 2.11. The molecule has 0 radical (unpaired) electrons. The molecule has 0 aliphatic rings. The van der Waals surface area contributed by atoms with Crippen LogP contribution in [0.25, 0.3) is 17.0 Å². The lowest BCUT2D eigenvalue weighted by atomic mass is 9.91. The van der Waals surface area contributed by atoms with Crippen molar-refractivity contribution in [3.63, 3.8) is 0 Å². The monoisotopic (exact) mass is 256 g/mol. The van der Waals surface area contributed by atoms with Crippen LogP contribution in [-0.2, 0) is 12.5 Å². The molecule has 0 atom stereocenters. The number of aryl methyl sites for hydroxylation is 1. The van der Waals surface area contributed by atoms with Crippen LogP contribution in [0.2, 0.25) is 0 Å². The molecule has 0 unspecified atom stereocenters. The van der Waals surface area contributed by atoms with E-state index < -0.39 is 0 Å². The molecule has 0 aromatic carbocycles. The van der Waals surface area contributed by atoms with E-state index in [4.69, 9.17) is 0 Å². The summed E-state index contributed by atoms with van der Waals surface area (Å²) in [5.74, 6) is 0.571. The number of fused-ring (bicyclic) bond motifs is 1. The second kappa shape index (κ2) is 4.84. The molecule has 2 aromatic heterocycles. The smallest absolute Gasteiger partial charge is 0.0516 e. The van der Waals surface area contributed by atoms with Crippen LogP contribution in [0.4, 0.5) is 0 Å². The molecule has 0 saturated heterocycles. The molecule has 102 valence electrons. The van der Waals surface area contributed by atoms with Gasteiger partial charge in [0.2, 0.25) is 0 Å². The van der Waals surface area contributed by atoms with E-state index in [1.807, 2.05) is 6.20 Å². The first-order chi connectivity index (χ1) is 8.79. The van der Waals surface area contributed by atoms with Gasteiger partial charge in [-0.25, -0.2) is 0 Å². The zero-order valence-corrected chi connectivity index (χ0v) is 12.9. The Morgan fingerprint density at radius 3 is 2.47 bits per heavy atom. The van der Waals surface area contributed by atoms with Gasteiger partial charge in [-0.15, -0.1) is 0 Å². The van der Waals surface area contributed by atoms with Gasteiger partial charge in [0.25, 0.3) is 0 Å². The second-order valence-corrected chi connectivity index (χ2v) is 6.61. The van der Waals surface area contributed by atoms with Crippen LogP contribution in [0.1, 0.15) is 46.0 Å². The largest absolute Gasteiger partial charge is 0.344 e. The van der Waals surface area contributed by atoms with E-state index in [0.717, 1.165) is 5.69 Å². The van der Waals surface area contributed by atoms with Gasteiger partial charge >= 0.3 is 0 Å². The fraction of sp³-hybridized carbons (Fsp3) is 0.471. The maximum Gasteiger partial charge on any atom is 0.0516 e. The van der Waals surface area contributed by atoms with E-state index in [1.54, 1.807) is 0 Å². The van der Waals surface area contributed by atoms with Crippen molar-refractivity contribution in [1.29, 1.82) is 0 Å². The number of hydrogen-bond acceptors (Lipinski definition) is 1. The number of nitrogens with zero attached hydrogens (tertiary/aromatic N) is 2. The third-order valence-electron chi connectivity index (χ3n) is 3.38. The van der Waals surface area contributed by atoms with Gasteiger partial charge in [-0.05, 0) is 24.1 Å². The highest BCUT2D eigenvalue weighted by atomic mass is 14.9. The number of hydrogen-bond donors (Lipinski definition) is 0. The molecule has 0 fully saturated rings.